The molecule has 2 atom stereocenters. The van der Waals surface area contributed by atoms with Gasteiger partial charge in [0.05, 0.1) is 12.0 Å². The van der Waals surface area contributed by atoms with Gasteiger partial charge in [0.1, 0.15) is 0 Å². The third-order valence-corrected chi connectivity index (χ3v) is 4.23. The lowest BCUT2D eigenvalue weighted by molar-refractivity contribution is -0.116. The smallest absolute Gasteiger partial charge is 0.224 e. The quantitative estimate of drug-likeness (QED) is 0.861. The average molecular weight is 273 g/mol. The lowest BCUT2D eigenvalue weighted by Gasteiger charge is -2.19. The fourth-order valence-corrected chi connectivity index (χ4v) is 3.10. The molecule has 0 bridgehead atoms. The summed E-state index contributed by atoms with van der Waals surface area (Å²) in [4.78, 5) is 23.9. The van der Waals surface area contributed by atoms with E-state index in [0.29, 0.717) is 19.4 Å². The van der Waals surface area contributed by atoms with Crippen molar-refractivity contribution in [2.24, 2.45) is 5.92 Å². The number of ether oxygens (including phenoxy) is 1. The van der Waals surface area contributed by atoms with Gasteiger partial charge in [-0.15, -0.1) is 0 Å². The zero-order valence-corrected chi connectivity index (χ0v) is 11.6. The van der Waals surface area contributed by atoms with E-state index in [1.165, 1.54) is 0 Å². The van der Waals surface area contributed by atoms with Crippen LogP contribution in [0.1, 0.15) is 42.1 Å². The molecule has 4 nitrogen and oxygen atoms in total. The number of anilines is 1. The van der Waals surface area contributed by atoms with Crippen molar-refractivity contribution in [3.63, 3.8) is 0 Å². The molecule has 2 aliphatic heterocycles. The van der Waals surface area contributed by atoms with Crippen molar-refractivity contribution in [1.82, 2.24) is 0 Å². The van der Waals surface area contributed by atoms with Crippen LogP contribution in [0.5, 0.6) is 0 Å². The molecule has 2 aliphatic rings. The van der Waals surface area contributed by atoms with Crippen LogP contribution < -0.4 is 5.32 Å². The molecule has 4 heteroatoms. The molecule has 20 heavy (non-hydrogen) atoms. The summed E-state index contributed by atoms with van der Waals surface area (Å²) < 4.78 is 5.61. The summed E-state index contributed by atoms with van der Waals surface area (Å²) in [6.45, 7) is 2.73. The highest BCUT2D eigenvalue weighted by atomic mass is 16.5. The van der Waals surface area contributed by atoms with Crippen LogP contribution >= 0.6 is 0 Å². The minimum Gasteiger partial charge on any atom is -0.377 e. The largest absolute Gasteiger partial charge is 0.377 e. The third kappa shape index (κ3) is 2.36. The molecule has 1 N–H and O–H groups in total. The van der Waals surface area contributed by atoms with Gasteiger partial charge in [0, 0.05) is 24.3 Å². The van der Waals surface area contributed by atoms with E-state index >= 15 is 0 Å². The van der Waals surface area contributed by atoms with Gasteiger partial charge in [-0.05, 0) is 43.0 Å². The van der Waals surface area contributed by atoms with E-state index in [2.05, 4.69) is 12.2 Å². The zero-order valence-electron chi connectivity index (χ0n) is 11.6. The molecular weight excluding hydrogens is 254 g/mol. The first-order valence-electron chi connectivity index (χ1n) is 7.27. The predicted molar refractivity (Wildman–Crippen MR) is 75.9 cm³/mol. The molecule has 2 heterocycles. The molecule has 1 fully saturated rings. The average Bonchev–Trinajstić information content (AvgIpc) is 2.94. The molecule has 3 rings (SSSR count). The Morgan fingerprint density at radius 1 is 1.40 bits per heavy atom. The number of ketones is 1. The van der Waals surface area contributed by atoms with E-state index in [4.69, 9.17) is 4.74 Å². The van der Waals surface area contributed by atoms with Crippen molar-refractivity contribution in [3.8, 4) is 0 Å². The van der Waals surface area contributed by atoms with Crippen molar-refractivity contribution in [2.75, 3.05) is 11.9 Å². The molecular formula is C16H19NO3. The van der Waals surface area contributed by atoms with E-state index in [9.17, 15) is 9.59 Å². The highest BCUT2D eigenvalue weighted by molar-refractivity contribution is 6.00. The fraction of sp³-hybridized carbons (Fsp3) is 0.500. The van der Waals surface area contributed by atoms with E-state index < -0.39 is 0 Å². The molecule has 2 unspecified atom stereocenters. The van der Waals surface area contributed by atoms with Gasteiger partial charge >= 0.3 is 0 Å². The second-order valence-electron chi connectivity index (χ2n) is 5.50. The first-order valence-corrected chi connectivity index (χ1v) is 7.27. The number of carbonyl (C=O) groups is 2. The van der Waals surface area contributed by atoms with Gasteiger partial charge in [-0.25, -0.2) is 0 Å². The van der Waals surface area contributed by atoms with Crippen LogP contribution in [0.2, 0.25) is 0 Å². The molecule has 0 radical (unpaired) electrons. The predicted octanol–water partition coefficient (Wildman–Crippen LogP) is 2.57. The van der Waals surface area contributed by atoms with Crippen LogP contribution in [-0.4, -0.2) is 24.4 Å². The standard InChI is InChI=1S/C16H19NO3/c1-2-14-12(7-8-20-14)16(19)11-3-5-13-10(9-11)4-6-15(18)17-13/h3,5,9,12,14H,2,4,6-8H2,1H3,(H,17,18). The van der Waals surface area contributed by atoms with Crippen LogP contribution in [0.25, 0.3) is 0 Å². The van der Waals surface area contributed by atoms with Gasteiger partial charge in [-0.1, -0.05) is 6.92 Å². The van der Waals surface area contributed by atoms with Crippen LogP contribution in [0.15, 0.2) is 18.2 Å². The summed E-state index contributed by atoms with van der Waals surface area (Å²) in [5, 5.41) is 2.84. The molecule has 0 aliphatic carbocycles. The molecule has 0 saturated carbocycles. The van der Waals surface area contributed by atoms with Gasteiger partial charge in [-0.2, -0.15) is 0 Å². The van der Waals surface area contributed by atoms with Crippen molar-refractivity contribution in [3.05, 3.63) is 29.3 Å². The number of nitrogens with one attached hydrogen (secondary N) is 1. The van der Waals surface area contributed by atoms with E-state index in [-0.39, 0.29) is 23.7 Å². The SMILES string of the molecule is CCC1OCCC1C(=O)c1ccc2c(c1)CCC(=O)N2. The maximum Gasteiger partial charge on any atom is 0.224 e. The number of amides is 1. The Bertz CT molecular complexity index is 553. The molecule has 0 spiro atoms. The number of hydrogen-bond acceptors (Lipinski definition) is 3. The summed E-state index contributed by atoms with van der Waals surface area (Å²) in [5.41, 5.74) is 2.64. The Morgan fingerprint density at radius 2 is 2.25 bits per heavy atom. The van der Waals surface area contributed by atoms with Crippen molar-refractivity contribution >= 4 is 17.4 Å². The number of fused-ring (bicyclic) bond motifs is 1. The molecule has 1 aromatic carbocycles. The Labute approximate surface area is 118 Å². The minimum atomic E-state index is -0.0174. The topological polar surface area (TPSA) is 55.4 Å². The van der Waals surface area contributed by atoms with Crippen LogP contribution in [0, 0.1) is 5.92 Å². The summed E-state index contributed by atoms with van der Waals surface area (Å²) in [7, 11) is 0. The summed E-state index contributed by atoms with van der Waals surface area (Å²) in [6, 6.07) is 5.59. The Hall–Kier alpha value is -1.68. The molecule has 106 valence electrons. The second-order valence-corrected chi connectivity index (χ2v) is 5.50. The first kappa shape index (κ1) is 13.3. The van der Waals surface area contributed by atoms with Crippen molar-refractivity contribution in [2.45, 2.75) is 38.7 Å². The number of carbonyl (C=O) groups excluding carboxylic acids is 2. The van der Waals surface area contributed by atoms with Gasteiger partial charge < -0.3 is 10.1 Å². The lowest BCUT2D eigenvalue weighted by atomic mass is 9.89. The Morgan fingerprint density at radius 3 is 3.05 bits per heavy atom. The maximum absolute atomic E-state index is 12.6. The highest BCUT2D eigenvalue weighted by Crippen LogP contribution is 2.29. The molecule has 1 saturated heterocycles. The van der Waals surface area contributed by atoms with Crippen molar-refractivity contribution in [1.29, 1.82) is 0 Å². The van der Waals surface area contributed by atoms with Crippen LogP contribution in [-0.2, 0) is 16.0 Å². The Balaban J connectivity index is 1.84. The van der Waals surface area contributed by atoms with Gasteiger partial charge in [0.25, 0.3) is 0 Å². The fourth-order valence-electron chi connectivity index (χ4n) is 3.10. The second kappa shape index (κ2) is 5.37. The number of rotatable bonds is 3. The van der Waals surface area contributed by atoms with E-state index in [1.807, 2.05) is 18.2 Å². The summed E-state index contributed by atoms with van der Waals surface area (Å²) in [5.74, 6) is 0.206. The maximum atomic E-state index is 12.6. The normalized spacial score (nSPS) is 25.1. The zero-order chi connectivity index (χ0) is 14.1. The van der Waals surface area contributed by atoms with E-state index in [1.54, 1.807) is 0 Å². The molecule has 0 aromatic heterocycles. The first-order chi connectivity index (χ1) is 9.69. The lowest BCUT2D eigenvalue weighted by Crippen LogP contribution is -2.24. The number of hydrogen-bond donors (Lipinski definition) is 1. The number of benzene rings is 1. The summed E-state index contributed by atoms with van der Waals surface area (Å²) in [6.07, 6.45) is 2.94. The van der Waals surface area contributed by atoms with Gasteiger partial charge in [-0.3, -0.25) is 9.59 Å². The van der Waals surface area contributed by atoms with Crippen molar-refractivity contribution < 1.29 is 14.3 Å². The number of Topliss-reactive ketones (excluding diaryl/α,β-unsaturated/α-hetero) is 1. The number of aryl methyl sites for hydroxylation is 1. The monoisotopic (exact) mass is 273 g/mol. The minimum absolute atomic E-state index is 0.0174. The summed E-state index contributed by atoms with van der Waals surface area (Å²) >= 11 is 0. The van der Waals surface area contributed by atoms with Crippen LogP contribution in [0.3, 0.4) is 0 Å². The van der Waals surface area contributed by atoms with Crippen LogP contribution in [0.4, 0.5) is 5.69 Å². The highest BCUT2D eigenvalue weighted by Gasteiger charge is 2.33. The van der Waals surface area contributed by atoms with Gasteiger partial charge in [0.2, 0.25) is 5.91 Å². The van der Waals surface area contributed by atoms with E-state index in [0.717, 1.165) is 29.7 Å². The third-order valence-electron chi connectivity index (χ3n) is 4.23. The molecule has 1 aromatic rings. The Kier molecular flexibility index (Phi) is 3.57. The molecule has 1 amide bonds. The van der Waals surface area contributed by atoms with Gasteiger partial charge in [0.15, 0.2) is 5.78 Å².